The van der Waals surface area contributed by atoms with E-state index in [4.69, 9.17) is 5.73 Å². The number of nitrogens with two attached hydrogens (primary N) is 1. The monoisotopic (exact) mass is 256 g/mol. The van der Waals surface area contributed by atoms with Crippen LogP contribution < -0.4 is 5.73 Å². The fourth-order valence-corrected chi connectivity index (χ4v) is 3.04. The van der Waals surface area contributed by atoms with Crippen molar-refractivity contribution < 1.29 is 5.11 Å². The van der Waals surface area contributed by atoms with E-state index in [-0.39, 0.29) is 6.04 Å². The number of rotatable bonds is 6. The second kappa shape index (κ2) is 5.96. The molecule has 1 aromatic rings. The highest BCUT2D eigenvalue weighted by Crippen LogP contribution is 2.27. The van der Waals surface area contributed by atoms with Crippen molar-refractivity contribution in [2.24, 2.45) is 5.73 Å². The van der Waals surface area contributed by atoms with E-state index in [1.54, 1.807) is 11.3 Å². The molecule has 0 aliphatic carbocycles. The zero-order chi connectivity index (χ0) is 13.1. The van der Waals surface area contributed by atoms with E-state index in [0.717, 1.165) is 6.54 Å². The molecule has 0 aromatic carbocycles. The quantitative estimate of drug-likeness (QED) is 0.820. The summed E-state index contributed by atoms with van der Waals surface area (Å²) >= 11 is 1.79. The Morgan fingerprint density at radius 3 is 2.47 bits per heavy atom. The lowest BCUT2D eigenvalue weighted by molar-refractivity contribution is 0.0240. The van der Waals surface area contributed by atoms with Gasteiger partial charge >= 0.3 is 0 Å². The molecular weight excluding hydrogens is 232 g/mol. The Labute approximate surface area is 108 Å². The minimum atomic E-state index is -0.685. The van der Waals surface area contributed by atoms with Crippen LogP contribution in [0, 0.1) is 6.92 Å². The van der Waals surface area contributed by atoms with Crippen molar-refractivity contribution in [2.45, 2.75) is 39.3 Å². The van der Waals surface area contributed by atoms with E-state index in [0.29, 0.717) is 13.1 Å². The number of hydrogen-bond donors (Lipinski definition) is 2. The Hall–Kier alpha value is -0.420. The minimum Gasteiger partial charge on any atom is -0.389 e. The van der Waals surface area contributed by atoms with Gasteiger partial charge in [-0.05, 0) is 39.4 Å². The molecule has 3 nitrogen and oxygen atoms in total. The fourth-order valence-electron chi connectivity index (χ4n) is 2.02. The molecule has 0 bridgehead atoms. The molecule has 0 fully saturated rings. The molecule has 1 atom stereocenters. The summed E-state index contributed by atoms with van der Waals surface area (Å²) < 4.78 is 0. The van der Waals surface area contributed by atoms with Gasteiger partial charge in [0.05, 0.1) is 11.6 Å². The van der Waals surface area contributed by atoms with Crippen LogP contribution in [-0.4, -0.2) is 35.2 Å². The highest BCUT2D eigenvalue weighted by molar-refractivity contribution is 7.12. The van der Waals surface area contributed by atoms with Gasteiger partial charge in [-0.1, -0.05) is 6.92 Å². The van der Waals surface area contributed by atoms with Gasteiger partial charge in [0.15, 0.2) is 0 Å². The predicted octanol–water partition coefficient (Wildman–Crippen LogP) is 2.15. The molecule has 0 saturated carbocycles. The van der Waals surface area contributed by atoms with E-state index in [1.807, 2.05) is 13.8 Å². The summed E-state index contributed by atoms with van der Waals surface area (Å²) in [5.41, 5.74) is 5.21. The van der Waals surface area contributed by atoms with Crippen molar-refractivity contribution in [3.05, 3.63) is 21.9 Å². The summed E-state index contributed by atoms with van der Waals surface area (Å²) in [6.07, 6.45) is 0. The summed E-state index contributed by atoms with van der Waals surface area (Å²) in [7, 11) is 0. The van der Waals surface area contributed by atoms with E-state index >= 15 is 0 Å². The van der Waals surface area contributed by atoms with E-state index in [9.17, 15) is 5.11 Å². The van der Waals surface area contributed by atoms with E-state index < -0.39 is 5.60 Å². The average Bonchev–Trinajstić information content (AvgIpc) is 2.62. The van der Waals surface area contributed by atoms with Crippen molar-refractivity contribution >= 4 is 11.3 Å². The molecule has 0 aliphatic rings. The summed E-state index contributed by atoms with van der Waals surface area (Å²) in [4.78, 5) is 4.83. The topological polar surface area (TPSA) is 49.5 Å². The third-order valence-electron chi connectivity index (χ3n) is 2.75. The van der Waals surface area contributed by atoms with Gasteiger partial charge in [-0.2, -0.15) is 0 Å². The lowest BCUT2D eigenvalue weighted by atomic mass is 10.1. The van der Waals surface area contributed by atoms with Crippen LogP contribution in [-0.2, 0) is 0 Å². The van der Waals surface area contributed by atoms with Crippen molar-refractivity contribution in [3.63, 3.8) is 0 Å². The summed E-state index contributed by atoms with van der Waals surface area (Å²) in [6.45, 7) is 10.0. The molecule has 1 heterocycles. The summed E-state index contributed by atoms with van der Waals surface area (Å²) in [5, 5.41) is 9.94. The maximum atomic E-state index is 9.94. The van der Waals surface area contributed by atoms with Gasteiger partial charge in [-0.3, -0.25) is 4.90 Å². The van der Waals surface area contributed by atoms with Crippen molar-refractivity contribution in [2.75, 3.05) is 19.6 Å². The van der Waals surface area contributed by atoms with Gasteiger partial charge in [0.25, 0.3) is 0 Å². The molecule has 1 aromatic heterocycles. The normalized spacial score (nSPS) is 14.3. The van der Waals surface area contributed by atoms with Crippen molar-refractivity contribution in [3.8, 4) is 0 Å². The Kier molecular flexibility index (Phi) is 5.13. The molecule has 3 N–H and O–H groups in total. The van der Waals surface area contributed by atoms with Crippen LogP contribution in [0.4, 0.5) is 0 Å². The average molecular weight is 256 g/mol. The predicted molar refractivity (Wildman–Crippen MR) is 74.4 cm³/mol. The number of nitrogens with zero attached hydrogens (tertiary/aromatic N) is 1. The molecule has 0 amide bonds. The van der Waals surface area contributed by atoms with E-state index in [2.05, 4.69) is 30.9 Å². The van der Waals surface area contributed by atoms with Crippen LogP contribution in [0.15, 0.2) is 12.1 Å². The first-order chi connectivity index (χ1) is 7.87. The molecule has 17 heavy (non-hydrogen) atoms. The standard InChI is InChI=1S/C13H24N2OS/c1-5-15(9-13(3,4)16)11(8-14)12-7-6-10(2)17-12/h6-7,11,16H,5,8-9,14H2,1-4H3. The van der Waals surface area contributed by atoms with Crippen LogP contribution in [0.3, 0.4) is 0 Å². The minimum absolute atomic E-state index is 0.213. The van der Waals surface area contributed by atoms with Gasteiger partial charge in [0, 0.05) is 22.8 Å². The van der Waals surface area contributed by atoms with Gasteiger partial charge in [-0.25, -0.2) is 0 Å². The first-order valence-corrected chi connectivity index (χ1v) is 6.92. The van der Waals surface area contributed by atoms with E-state index in [1.165, 1.54) is 9.75 Å². The number of aryl methyl sites for hydroxylation is 1. The Morgan fingerprint density at radius 1 is 1.47 bits per heavy atom. The van der Waals surface area contributed by atoms with Crippen molar-refractivity contribution in [1.29, 1.82) is 0 Å². The molecule has 0 aliphatic heterocycles. The van der Waals surface area contributed by atoms with Crippen LogP contribution >= 0.6 is 11.3 Å². The second-order valence-corrected chi connectivity index (χ2v) is 6.39. The highest BCUT2D eigenvalue weighted by atomic mass is 32.1. The number of thiophene rings is 1. The molecular formula is C13H24N2OS. The first kappa shape index (κ1) is 14.6. The lowest BCUT2D eigenvalue weighted by Crippen LogP contribution is -2.42. The zero-order valence-electron chi connectivity index (χ0n) is 11.2. The van der Waals surface area contributed by atoms with Crippen molar-refractivity contribution in [1.82, 2.24) is 4.90 Å². The summed E-state index contributed by atoms with van der Waals surface area (Å²) in [5.74, 6) is 0. The lowest BCUT2D eigenvalue weighted by Gasteiger charge is -2.33. The molecule has 0 spiro atoms. The molecule has 4 heteroatoms. The number of aliphatic hydroxyl groups is 1. The molecule has 0 radical (unpaired) electrons. The Balaban J connectivity index is 2.83. The van der Waals surface area contributed by atoms with Gasteiger partial charge in [-0.15, -0.1) is 11.3 Å². The number of hydrogen-bond acceptors (Lipinski definition) is 4. The maximum Gasteiger partial charge on any atom is 0.0718 e. The Bertz CT molecular complexity index is 343. The molecule has 1 rings (SSSR count). The van der Waals surface area contributed by atoms with Gasteiger partial charge in [0.1, 0.15) is 0 Å². The largest absolute Gasteiger partial charge is 0.389 e. The van der Waals surface area contributed by atoms with Crippen LogP contribution in [0.2, 0.25) is 0 Å². The van der Waals surface area contributed by atoms with Gasteiger partial charge < -0.3 is 10.8 Å². The first-order valence-electron chi connectivity index (χ1n) is 6.10. The summed E-state index contributed by atoms with van der Waals surface area (Å²) in [6, 6.07) is 4.48. The Morgan fingerprint density at radius 2 is 2.12 bits per heavy atom. The molecule has 98 valence electrons. The SMILES string of the molecule is CCN(CC(C)(C)O)C(CN)c1ccc(C)s1. The molecule has 1 unspecified atom stereocenters. The third-order valence-corrected chi connectivity index (χ3v) is 3.85. The fraction of sp³-hybridized carbons (Fsp3) is 0.692. The highest BCUT2D eigenvalue weighted by Gasteiger charge is 2.24. The number of likely N-dealkylation sites (N-methyl/N-ethyl adjacent to an activating group) is 1. The third kappa shape index (κ3) is 4.39. The van der Waals surface area contributed by atoms with Gasteiger partial charge in [0.2, 0.25) is 0 Å². The maximum absolute atomic E-state index is 9.94. The van der Waals surface area contributed by atoms with Crippen LogP contribution in [0.5, 0.6) is 0 Å². The van der Waals surface area contributed by atoms with Crippen LogP contribution in [0.1, 0.15) is 36.6 Å². The molecule has 0 saturated heterocycles. The second-order valence-electron chi connectivity index (χ2n) is 5.08. The zero-order valence-corrected chi connectivity index (χ0v) is 12.0. The smallest absolute Gasteiger partial charge is 0.0718 e. The van der Waals surface area contributed by atoms with Crippen LogP contribution in [0.25, 0.3) is 0 Å².